The molecule has 1 aromatic carbocycles. The van der Waals surface area contributed by atoms with Gasteiger partial charge in [-0.25, -0.2) is 0 Å². The topological polar surface area (TPSA) is 121 Å². The van der Waals surface area contributed by atoms with E-state index in [1.165, 1.54) is 11.6 Å². The lowest BCUT2D eigenvalue weighted by Crippen LogP contribution is -2.26. The van der Waals surface area contributed by atoms with Gasteiger partial charge in [0.05, 0.1) is 0 Å². The average molecular weight is 418 g/mol. The summed E-state index contributed by atoms with van der Waals surface area (Å²) in [6.07, 6.45) is 9.47. The molecule has 31 heavy (non-hydrogen) atoms. The highest BCUT2D eigenvalue weighted by molar-refractivity contribution is 5.87. The van der Waals surface area contributed by atoms with Crippen LogP contribution >= 0.6 is 0 Å². The van der Waals surface area contributed by atoms with Crippen molar-refractivity contribution < 1.29 is 9.90 Å². The third kappa shape index (κ3) is 5.54. The quantitative estimate of drug-likeness (QED) is 0.485. The van der Waals surface area contributed by atoms with Gasteiger partial charge in [-0.3, -0.25) is 9.78 Å². The Labute approximate surface area is 181 Å². The lowest BCUT2D eigenvalue weighted by molar-refractivity contribution is -0.125. The summed E-state index contributed by atoms with van der Waals surface area (Å²) < 4.78 is 0. The number of anilines is 1. The summed E-state index contributed by atoms with van der Waals surface area (Å²) in [5, 5.41) is 9.62. The van der Waals surface area contributed by atoms with Crippen LogP contribution in [0.2, 0.25) is 0 Å². The zero-order chi connectivity index (χ0) is 22.2. The Kier molecular flexibility index (Phi) is 7.11. The average Bonchev–Trinajstić information content (AvgIpc) is 3.44. The van der Waals surface area contributed by atoms with Crippen molar-refractivity contribution in [1.82, 2.24) is 14.9 Å². The number of hydrogen-bond acceptors (Lipinski definition) is 5. The molecule has 7 nitrogen and oxygen atoms in total. The van der Waals surface area contributed by atoms with Gasteiger partial charge in [-0.2, -0.15) is 0 Å². The second-order valence-corrected chi connectivity index (χ2v) is 7.22. The fourth-order valence-corrected chi connectivity index (χ4v) is 3.48. The molecule has 1 aliphatic heterocycles. The van der Waals surface area contributed by atoms with Gasteiger partial charge in [0.2, 0.25) is 5.91 Å². The molecular weight excluding hydrogens is 390 g/mol. The number of aromatic amines is 1. The normalized spacial score (nSPS) is 15.8. The van der Waals surface area contributed by atoms with Gasteiger partial charge < -0.3 is 26.5 Å². The van der Waals surface area contributed by atoms with E-state index < -0.39 is 0 Å². The lowest BCUT2D eigenvalue weighted by atomic mass is 10.00. The highest BCUT2D eigenvalue weighted by atomic mass is 16.3. The number of carbonyl (C=O) groups is 1. The van der Waals surface area contributed by atoms with Crippen LogP contribution in [-0.4, -0.2) is 39.0 Å². The van der Waals surface area contributed by atoms with E-state index in [-0.39, 0.29) is 11.7 Å². The van der Waals surface area contributed by atoms with Crippen LogP contribution in [0.3, 0.4) is 0 Å². The fraction of sp³-hybridized carbons (Fsp3) is 0.167. The van der Waals surface area contributed by atoms with Gasteiger partial charge >= 0.3 is 0 Å². The maximum absolute atomic E-state index is 11.4. The van der Waals surface area contributed by atoms with E-state index in [1.807, 2.05) is 29.2 Å². The van der Waals surface area contributed by atoms with E-state index in [2.05, 4.69) is 16.5 Å². The number of nitrogens with one attached hydrogen (secondary N) is 1. The molecule has 0 radical (unpaired) electrons. The summed E-state index contributed by atoms with van der Waals surface area (Å²) in [5.74, 6) is 1.20. The van der Waals surface area contributed by atoms with Crippen molar-refractivity contribution in [2.24, 2.45) is 5.73 Å². The number of phenols is 1. The minimum atomic E-state index is 0.0338. The number of likely N-dealkylation sites (tertiary alicyclic amines) is 1. The Bertz CT molecular complexity index is 1060. The molecular formula is C24H27N5O2. The molecule has 0 aliphatic carbocycles. The van der Waals surface area contributed by atoms with Crippen LogP contribution in [0.5, 0.6) is 5.75 Å². The molecule has 1 fully saturated rings. The number of nitrogens with two attached hydrogens (primary N) is 2. The summed E-state index contributed by atoms with van der Waals surface area (Å²) in [6.45, 7) is 5.13. The molecule has 3 heterocycles. The van der Waals surface area contributed by atoms with Gasteiger partial charge in [-0.05, 0) is 54.5 Å². The molecule has 3 aromatic rings. The maximum Gasteiger partial charge on any atom is 0.245 e. The largest absolute Gasteiger partial charge is 0.507 e. The standard InChI is InChI=1S/C12H13N3O.C12H14N2O/c13-10(7-8-5-6-15-12(8)14)9-3-1-2-4-11(9)16;1-2-12(15)14-8-5-11(9-14)10-3-6-13-7-4-10/h1-7,15-16H,13-14H2;2-4,6-7,11H,1,5,8-9H2/b10-7-;. The third-order valence-electron chi connectivity index (χ3n) is 5.19. The third-order valence-corrected chi connectivity index (χ3v) is 5.19. The summed E-state index contributed by atoms with van der Waals surface area (Å²) in [5.41, 5.74) is 14.7. The highest BCUT2D eigenvalue weighted by Crippen LogP contribution is 2.26. The van der Waals surface area contributed by atoms with Gasteiger partial charge in [-0.1, -0.05) is 18.7 Å². The Morgan fingerprint density at radius 3 is 2.61 bits per heavy atom. The number of nitrogen functional groups attached to an aromatic ring is 1. The first-order valence-corrected chi connectivity index (χ1v) is 9.99. The molecule has 1 unspecified atom stereocenters. The number of amides is 1. The van der Waals surface area contributed by atoms with Gasteiger partial charge in [0.1, 0.15) is 11.6 Å². The minimum Gasteiger partial charge on any atom is -0.507 e. The second kappa shape index (κ2) is 10.2. The number of aromatic nitrogens is 2. The van der Waals surface area contributed by atoms with E-state index in [0.717, 1.165) is 25.1 Å². The zero-order valence-corrected chi connectivity index (χ0v) is 17.2. The zero-order valence-electron chi connectivity index (χ0n) is 17.2. The molecule has 7 heteroatoms. The van der Waals surface area contributed by atoms with Crippen molar-refractivity contribution in [2.75, 3.05) is 18.8 Å². The van der Waals surface area contributed by atoms with Gasteiger partial charge in [0.15, 0.2) is 0 Å². The molecule has 0 saturated carbocycles. The van der Waals surface area contributed by atoms with Gasteiger partial charge in [0.25, 0.3) is 0 Å². The van der Waals surface area contributed by atoms with Gasteiger partial charge in [-0.15, -0.1) is 0 Å². The van der Waals surface area contributed by atoms with Crippen LogP contribution in [0.4, 0.5) is 5.82 Å². The molecule has 1 aliphatic rings. The number of hydrogen-bond donors (Lipinski definition) is 4. The van der Waals surface area contributed by atoms with Crippen LogP contribution in [0.15, 0.2) is 73.7 Å². The lowest BCUT2D eigenvalue weighted by Gasteiger charge is -2.14. The molecule has 6 N–H and O–H groups in total. The number of rotatable bonds is 4. The summed E-state index contributed by atoms with van der Waals surface area (Å²) in [6, 6.07) is 12.8. The van der Waals surface area contributed by atoms with Crippen molar-refractivity contribution in [1.29, 1.82) is 0 Å². The van der Waals surface area contributed by atoms with E-state index in [4.69, 9.17) is 11.5 Å². The molecule has 4 rings (SSSR count). The van der Waals surface area contributed by atoms with Crippen molar-refractivity contribution in [3.63, 3.8) is 0 Å². The van der Waals surface area contributed by atoms with E-state index >= 15 is 0 Å². The number of aromatic hydroxyl groups is 1. The van der Waals surface area contributed by atoms with Crippen molar-refractivity contribution in [3.8, 4) is 5.75 Å². The first kappa shape index (κ1) is 21.7. The monoisotopic (exact) mass is 417 g/mol. The first-order chi connectivity index (χ1) is 15.0. The summed E-state index contributed by atoms with van der Waals surface area (Å²) in [7, 11) is 0. The van der Waals surface area contributed by atoms with Gasteiger partial charge in [0, 0.05) is 54.4 Å². The van der Waals surface area contributed by atoms with E-state index in [9.17, 15) is 9.90 Å². The number of phenolic OH excluding ortho intramolecular Hbond substituents is 1. The fourth-order valence-electron chi connectivity index (χ4n) is 3.48. The molecule has 160 valence electrons. The summed E-state index contributed by atoms with van der Waals surface area (Å²) in [4.78, 5) is 20.1. The Balaban J connectivity index is 0.000000176. The number of pyridine rings is 1. The second-order valence-electron chi connectivity index (χ2n) is 7.22. The Hall–Kier alpha value is -4.00. The van der Waals surface area contributed by atoms with Crippen LogP contribution in [0, 0.1) is 0 Å². The highest BCUT2D eigenvalue weighted by Gasteiger charge is 2.25. The predicted molar refractivity (Wildman–Crippen MR) is 124 cm³/mol. The Morgan fingerprint density at radius 1 is 1.23 bits per heavy atom. The van der Waals surface area contributed by atoms with E-state index in [0.29, 0.717) is 23.0 Å². The van der Waals surface area contributed by atoms with Crippen LogP contribution in [0.25, 0.3) is 11.8 Å². The molecule has 1 amide bonds. The number of benzene rings is 1. The van der Waals surface area contributed by atoms with Crippen LogP contribution in [-0.2, 0) is 4.79 Å². The van der Waals surface area contributed by atoms with Crippen molar-refractivity contribution >= 4 is 23.5 Å². The van der Waals surface area contributed by atoms with Crippen molar-refractivity contribution in [3.05, 3.63) is 90.4 Å². The summed E-state index contributed by atoms with van der Waals surface area (Å²) >= 11 is 0. The maximum atomic E-state index is 11.4. The number of nitrogens with zero attached hydrogens (tertiary/aromatic N) is 2. The molecule has 2 aromatic heterocycles. The molecule has 1 atom stereocenters. The minimum absolute atomic E-state index is 0.0338. The number of para-hydroxylation sites is 1. The smallest absolute Gasteiger partial charge is 0.245 e. The molecule has 1 saturated heterocycles. The first-order valence-electron chi connectivity index (χ1n) is 9.99. The SMILES string of the molecule is C=CC(=O)N1CCC(c2ccncc2)C1.N/C(=C\c1cc[nH]c1N)c1ccccc1O. The van der Waals surface area contributed by atoms with E-state index in [1.54, 1.807) is 42.9 Å². The van der Waals surface area contributed by atoms with Crippen molar-refractivity contribution in [2.45, 2.75) is 12.3 Å². The van der Waals surface area contributed by atoms with Crippen LogP contribution in [0.1, 0.15) is 29.0 Å². The Morgan fingerprint density at radius 2 is 1.97 bits per heavy atom. The predicted octanol–water partition coefficient (Wildman–Crippen LogP) is 3.34. The van der Waals surface area contributed by atoms with Crippen LogP contribution < -0.4 is 11.5 Å². The number of H-pyrrole nitrogens is 1. The number of carbonyl (C=O) groups excluding carboxylic acids is 1. The molecule has 0 spiro atoms. The molecule has 0 bridgehead atoms.